The maximum atomic E-state index is 12.8. The zero-order valence-electron chi connectivity index (χ0n) is 17.1. The molecule has 3 rings (SSSR count). The average Bonchev–Trinajstić information content (AvgIpc) is 2.79. The van der Waals surface area contributed by atoms with Gasteiger partial charge in [-0.05, 0) is 35.2 Å². The molecule has 0 aliphatic heterocycles. The van der Waals surface area contributed by atoms with Gasteiger partial charge in [0.05, 0.1) is 0 Å². The van der Waals surface area contributed by atoms with Gasteiger partial charge in [-0.15, -0.1) is 0 Å². The van der Waals surface area contributed by atoms with Gasteiger partial charge in [0.25, 0.3) is 0 Å². The second-order valence-corrected chi connectivity index (χ2v) is 7.56. The predicted molar refractivity (Wildman–Crippen MR) is 122 cm³/mol. The lowest BCUT2D eigenvalue weighted by atomic mass is 10.1. The lowest BCUT2D eigenvalue weighted by Gasteiger charge is -2.18. The summed E-state index contributed by atoms with van der Waals surface area (Å²) < 4.78 is 5.29. The summed E-state index contributed by atoms with van der Waals surface area (Å²) in [5, 5.41) is 6.26. The third-order valence-corrected chi connectivity index (χ3v) is 4.94. The molecule has 160 valence electrons. The first-order chi connectivity index (χ1) is 15.1. The molecule has 0 radical (unpaired) electrons. The summed E-state index contributed by atoms with van der Waals surface area (Å²) in [4.78, 5) is 25.1. The smallest absolute Gasteiger partial charge is 0.408 e. The standard InChI is InChI=1S/C25H25ClN2O3/c26-22-13-7-12-20(16-22)14-15-27-24(29)23(17-19-8-3-1-4-9-19)28-25(30)31-18-21-10-5-2-6-11-21/h1-13,16,23H,14-15,17-18H2,(H,27,29)(H,28,30)/t23-/m0/s1. The highest BCUT2D eigenvalue weighted by atomic mass is 35.5. The molecular formula is C25H25ClN2O3. The molecule has 1 atom stereocenters. The predicted octanol–water partition coefficient (Wildman–Crippen LogP) is 4.54. The molecular weight excluding hydrogens is 412 g/mol. The molecule has 2 N–H and O–H groups in total. The lowest BCUT2D eigenvalue weighted by molar-refractivity contribution is -0.123. The third-order valence-electron chi connectivity index (χ3n) is 4.71. The average molecular weight is 437 g/mol. The topological polar surface area (TPSA) is 67.4 Å². The number of hydrogen-bond donors (Lipinski definition) is 2. The van der Waals surface area contributed by atoms with Gasteiger partial charge in [-0.3, -0.25) is 4.79 Å². The van der Waals surface area contributed by atoms with E-state index in [-0.39, 0.29) is 12.5 Å². The molecule has 0 aromatic heterocycles. The molecule has 0 saturated heterocycles. The molecule has 0 heterocycles. The zero-order chi connectivity index (χ0) is 21.9. The van der Waals surface area contributed by atoms with E-state index < -0.39 is 12.1 Å². The Kier molecular flexibility index (Phi) is 8.49. The highest BCUT2D eigenvalue weighted by molar-refractivity contribution is 6.30. The van der Waals surface area contributed by atoms with Gasteiger partial charge in [0.15, 0.2) is 0 Å². The Morgan fingerprint density at radius 1 is 0.839 bits per heavy atom. The molecule has 0 bridgehead atoms. The van der Waals surface area contributed by atoms with Crippen molar-refractivity contribution in [3.8, 4) is 0 Å². The Hall–Kier alpha value is -3.31. The summed E-state index contributed by atoms with van der Waals surface area (Å²) in [5.74, 6) is -0.262. The minimum Gasteiger partial charge on any atom is -0.445 e. The highest BCUT2D eigenvalue weighted by Crippen LogP contribution is 2.11. The van der Waals surface area contributed by atoms with Crippen LogP contribution in [0.5, 0.6) is 0 Å². The minimum absolute atomic E-state index is 0.140. The van der Waals surface area contributed by atoms with Crippen LogP contribution in [0.3, 0.4) is 0 Å². The van der Waals surface area contributed by atoms with Crippen LogP contribution in [0.15, 0.2) is 84.9 Å². The fourth-order valence-electron chi connectivity index (χ4n) is 3.11. The van der Waals surface area contributed by atoms with Crippen LogP contribution in [0.1, 0.15) is 16.7 Å². The number of alkyl carbamates (subject to hydrolysis) is 1. The Bertz CT molecular complexity index is 980. The van der Waals surface area contributed by atoms with E-state index in [9.17, 15) is 9.59 Å². The zero-order valence-corrected chi connectivity index (χ0v) is 17.8. The molecule has 31 heavy (non-hydrogen) atoms. The first-order valence-corrected chi connectivity index (χ1v) is 10.5. The van der Waals surface area contributed by atoms with Crippen molar-refractivity contribution in [1.29, 1.82) is 0 Å². The van der Waals surface area contributed by atoms with Crippen molar-refractivity contribution >= 4 is 23.6 Å². The molecule has 0 fully saturated rings. The van der Waals surface area contributed by atoms with Crippen molar-refractivity contribution in [2.24, 2.45) is 0 Å². The number of carbonyl (C=O) groups is 2. The van der Waals surface area contributed by atoms with Crippen molar-refractivity contribution in [2.75, 3.05) is 6.54 Å². The second kappa shape index (κ2) is 11.8. The quantitative estimate of drug-likeness (QED) is 0.517. The number of nitrogens with one attached hydrogen (secondary N) is 2. The summed E-state index contributed by atoms with van der Waals surface area (Å²) in [6, 6.07) is 25.7. The van der Waals surface area contributed by atoms with Crippen LogP contribution in [0, 0.1) is 0 Å². The molecule has 6 heteroatoms. The van der Waals surface area contributed by atoms with Crippen LogP contribution in [-0.4, -0.2) is 24.6 Å². The van der Waals surface area contributed by atoms with E-state index in [0.29, 0.717) is 24.4 Å². The van der Waals surface area contributed by atoms with E-state index in [1.165, 1.54) is 0 Å². The van der Waals surface area contributed by atoms with E-state index in [0.717, 1.165) is 16.7 Å². The van der Waals surface area contributed by atoms with E-state index in [1.54, 1.807) is 0 Å². The van der Waals surface area contributed by atoms with Gasteiger partial charge in [0.1, 0.15) is 12.6 Å². The van der Waals surface area contributed by atoms with Crippen molar-refractivity contribution in [2.45, 2.75) is 25.5 Å². The van der Waals surface area contributed by atoms with Gasteiger partial charge in [0.2, 0.25) is 5.91 Å². The largest absolute Gasteiger partial charge is 0.445 e. The molecule has 3 aromatic carbocycles. The first kappa shape index (κ1) is 22.4. The Morgan fingerprint density at radius 2 is 1.48 bits per heavy atom. The van der Waals surface area contributed by atoms with E-state index in [1.807, 2.05) is 84.9 Å². The van der Waals surface area contributed by atoms with Crippen LogP contribution < -0.4 is 10.6 Å². The highest BCUT2D eigenvalue weighted by Gasteiger charge is 2.21. The Morgan fingerprint density at radius 3 is 2.16 bits per heavy atom. The van der Waals surface area contributed by atoms with Crippen LogP contribution in [0.2, 0.25) is 5.02 Å². The van der Waals surface area contributed by atoms with Crippen LogP contribution >= 0.6 is 11.6 Å². The maximum absolute atomic E-state index is 12.8. The van der Waals surface area contributed by atoms with Crippen LogP contribution in [0.25, 0.3) is 0 Å². The van der Waals surface area contributed by atoms with Gasteiger partial charge in [-0.1, -0.05) is 84.4 Å². The van der Waals surface area contributed by atoms with Gasteiger partial charge < -0.3 is 15.4 Å². The minimum atomic E-state index is -0.745. The van der Waals surface area contributed by atoms with Gasteiger partial charge >= 0.3 is 6.09 Å². The van der Waals surface area contributed by atoms with Crippen LogP contribution in [-0.2, 0) is 29.0 Å². The SMILES string of the molecule is O=C(N[C@@H](Cc1ccccc1)C(=O)NCCc1cccc(Cl)c1)OCc1ccccc1. The van der Waals surface area contributed by atoms with E-state index >= 15 is 0 Å². The van der Waals surface area contributed by atoms with Crippen molar-refractivity contribution in [3.05, 3.63) is 107 Å². The third kappa shape index (κ3) is 7.79. The maximum Gasteiger partial charge on any atom is 0.408 e. The molecule has 0 saturated carbocycles. The summed E-state index contributed by atoms with van der Waals surface area (Å²) in [6.45, 7) is 0.576. The second-order valence-electron chi connectivity index (χ2n) is 7.12. The lowest BCUT2D eigenvalue weighted by Crippen LogP contribution is -2.48. The first-order valence-electron chi connectivity index (χ1n) is 10.1. The van der Waals surface area contributed by atoms with Crippen molar-refractivity contribution in [1.82, 2.24) is 10.6 Å². The van der Waals surface area contributed by atoms with E-state index in [4.69, 9.17) is 16.3 Å². The number of halogens is 1. The monoisotopic (exact) mass is 436 g/mol. The molecule has 2 amide bonds. The van der Waals surface area contributed by atoms with Crippen molar-refractivity contribution in [3.63, 3.8) is 0 Å². The number of benzene rings is 3. The number of hydrogen-bond acceptors (Lipinski definition) is 3. The van der Waals surface area contributed by atoms with Crippen molar-refractivity contribution < 1.29 is 14.3 Å². The summed E-state index contributed by atoms with van der Waals surface area (Å²) in [6.07, 6.45) is 0.377. The number of rotatable bonds is 9. The van der Waals surface area contributed by atoms with Crippen LogP contribution in [0.4, 0.5) is 4.79 Å². The number of carbonyl (C=O) groups excluding carboxylic acids is 2. The van der Waals surface area contributed by atoms with Gasteiger partial charge in [-0.2, -0.15) is 0 Å². The molecule has 0 aliphatic rings. The molecule has 0 unspecified atom stereocenters. The van der Waals surface area contributed by atoms with Gasteiger partial charge in [0, 0.05) is 18.0 Å². The normalized spacial score (nSPS) is 11.4. The summed E-state index contributed by atoms with van der Waals surface area (Å²) >= 11 is 6.01. The Labute approximate surface area is 187 Å². The molecule has 0 aliphatic carbocycles. The number of ether oxygens (including phenoxy) is 1. The number of amides is 2. The summed E-state index contributed by atoms with van der Waals surface area (Å²) in [7, 11) is 0. The Balaban J connectivity index is 1.56. The molecule has 5 nitrogen and oxygen atoms in total. The van der Waals surface area contributed by atoms with E-state index in [2.05, 4.69) is 10.6 Å². The fraction of sp³-hybridized carbons (Fsp3) is 0.200. The van der Waals surface area contributed by atoms with Gasteiger partial charge in [-0.25, -0.2) is 4.79 Å². The summed E-state index contributed by atoms with van der Waals surface area (Å²) in [5.41, 5.74) is 2.85. The fourth-order valence-corrected chi connectivity index (χ4v) is 3.32. The molecule has 0 spiro atoms. The molecule has 3 aromatic rings.